The second kappa shape index (κ2) is 8.92. The van der Waals surface area contributed by atoms with E-state index in [2.05, 4.69) is 51.0 Å². The number of nitrogens with one attached hydrogen (secondary N) is 1. The van der Waals surface area contributed by atoms with Gasteiger partial charge in [-0.2, -0.15) is 5.10 Å². The van der Waals surface area contributed by atoms with Crippen molar-refractivity contribution < 1.29 is 4.74 Å². The van der Waals surface area contributed by atoms with Gasteiger partial charge in [0.25, 0.3) is 0 Å². The summed E-state index contributed by atoms with van der Waals surface area (Å²) in [6.07, 6.45) is 12.3. The summed E-state index contributed by atoms with van der Waals surface area (Å²) in [7, 11) is 0. The molecule has 176 valence electrons. The molecule has 1 aliphatic carbocycles. The molecule has 1 aliphatic heterocycles. The minimum Gasteiger partial charge on any atom is -0.378 e. The average Bonchev–Trinajstić information content (AvgIpc) is 3.40. The number of pyridine rings is 1. The largest absolute Gasteiger partial charge is 0.378 e. The fourth-order valence-electron chi connectivity index (χ4n) is 4.18. The van der Waals surface area contributed by atoms with Gasteiger partial charge in [-0.3, -0.25) is 0 Å². The molecule has 0 atom stereocenters. The molecule has 2 aliphatic rings. The number of hydrogen-bond donors (Lipinski definition) is 1. The Bertz CT molecular complexity index is 1310. The molecule has 1 saturated heterocycles. The topological polar surface area (TPSA) is 85.9 Å². The molecule has 34 heavy (non-hydrogen) atoms. The van der Waals surface area contributed by atoms with Gasteiger partial charge in [0.2, 0.25) is 0 Å². The molecule has 0 amide bonds. The van der Waals surface area contributed by atoms with Crippen LogP contribution in [0.3, 0.4) is 0 Å². The number of hydrogen-bond acceptors (Lipinski definition) is 8. The van der Waals surface area contributed by atoms with Crippen LogP contribution in [0.4, 0.5) is 17.3 Å². The summed E-state index contributed by atoms with van der Waals surface area (Å²) in [5.74, 6) is 2.11. The van der Waals surface area contributed by atoms with E-state index in [1.807, 2.05) is 28.7 Å². The molecule has 4 aromatic heterocycles. The van der Waals surface area contributed by atoms with Crippen molar-refractivity contribution in [3.05, 3.63) is 43.1 Å². The Balaban J connectivity index is 1.27. The summed E-state index contributed by atoms with van der Waals surface area (Å²) < 4.78 is 9.77. The minimum atomic E-state index is 0.336. The fourth-order valence-corrected chi connectivity index (χ4v) is 5.11. The molecule has 0 radical (unpaired) electrons. The molecule has 2 fully saturated rings. The maximum absolute atomic E-state index is 5.54. The van der Waals surface area contributed by atoms with Crippen LogP contribution in [-0.4, -0.2) is 60.3 Å². The Morgan fingerprint density at radius 3 is 2.74 bits per heavy atom. The van der Waals surface area contributed by atoms with E-state index in [1.165, 1.54) is 18.5 Å². The number of ether oxygens (including phenoxy) is 1. The third kappa shape index (κ3) is 4.35. The molecule has 0 aromatic carbocycles. The van der Waals surface area contributed by atoms with Crippen molar-refractivity contribution in [1.29, 1.82) is 0 Å². The third-order valence-electron chi connectivity index (χ3n) is 6.12. The first-order valence-electron chi connectivity index (χ1n) is 11.8. The van der Waals surface area contributed by atoms with Crippen molar-refractivity contribution in [2.45, 2.75) is 38.0 Å². The van der Waals surface area contributed by atoms with Crippen molar-refractivity contribution in [3.8, 4) is 11.4 Å². The molecule has 0 unspecified atom stereocenters. The summed E-state index contributed by atoms with van der Waals surface area (Å²) in [5, 5.41) is 9.66. The summed E-state index contributed by atoms with van der Waals surface area (Å²) in [6.45, 7) is 7.72. The normalized spacial score (nSPS) is 16.5. The summed E-state index contributed by atoms with van der Waals surface area (Å²) >= 11 is 1.76. The molecule has 9 nitrogen and oxygen atoms in total. The van der Waals surface area contributed by atoms with E-state index in [0.717, 1.165) is 48.6 Å². The smallest absolute Gasteiger partial charge is 0.164 e. The van der Waals surface area contributed by atoms with Crippen LogP contribution in [0.15, 0.2) is 43.1 Å². The van der Waals surface area contributed by atoms with Crippen molar-refractivity contribution in [1.82, 2.24) is 28.7 Å². The van der Waals surface area contributed by atoms with Crippen LogP contribution in [0.2, 0.25) is 0 Å². The van der Waals surface area contributed by atoms with E-state index >= 15 is 0 Å². The van der Waals surface area contributed by atoms with Crippen LogP contribution >= 0.6 is 11.9 Å². The fraction of sp³-hybridized carbons (Fsp3) is 0.417. The Labute approximate surface area is 202 Å². The van der Waals surface area contributed by atoms with E-state index in [4.69, 9.17) is 14.7 Å². The predicted molar refractivity (Wildman–Crippen MR) is 136 cm³/mol. The lowest BCUT2D eigenvalue weighted by Gasteiger charge is -2.28. The number of aromatic nitrogens is 6. The number of morpholine rings is 1. The molecule has 10 heteroatoms. The van der Waals surface area contributed by atoms with E-state index in [1.54, 1.807) is 18.1 Å². The van der Waals surface area contributed by atoms with Crippen molar-refractivity contribution in [2.75, 3.05) is 36.5 Å². The van der Waals surface area contributed by atoms with Gasteiger partial charge < -0.3 is 19.5 Å². The highest BCUT2D eigenvalue weighted by Gasteiger charge is 2.24. The van der Waals surface area contributed by atoms with Crippen molar-refractivity contribution in [2.24, 2.45) is 0 Å². The standard InChI is InChI=1S/C24H28N8OS/c1-16(2)31-15-21(30-7-9-33-10-8-30)19-13-26-23(11-20(19)31)28-22-5-6-25-24(29-22)17-12-27-32(14-17)34-18-3-4-18/h5-6,11-16,18H,3-4,7-10H2,1-2H3,(H,25,26,28,29). The number of rotatable bonds is 7. The molecular weight excluding hydrogens is 448 g/mol. The summed E-state index contributed by atoms with van der Waals surface area (Å²) in [5.41, 5.74) is 3.28. The lowest BCUT2D eigenvalue weighted by Crippen LogP contribution is -2.36. The second-order valence-electron chi connectivity index (χ2n) is 9.03. The zero-order valence-corrected chi connectivity index (χ0v) is 20.2. The molecular formula is C24H28N8OS. The summed E-state index contributed by atoms with van der Waals surface area (Å²) in [6, 6.07) is 4.30. The monoisotopic (exact) mass is 476 g/mol. The molecule has 1 N–H and O–H groups in total. The lowest BCUT2D eigenvalue weighted by atomic mass is 10.2. The second-order valence-corrected chi connectivity index (χ2v) is 10.3. The van der Waals surface area contributed by atoms with Gasteiger partial charge in [0.05, 0.1) is 36.2 Å². The van der Waals surface area contributed by atoms with E-state index in [-0.39, 0.29) is 0 Å². The molecule has 1 saturated carbocycles. The van der Waals surface area contributed by atoms with Gasteiger partial charge in [-0.15, -0.1) is 0 Å². The Morgan fingerprint density at radius 1 is 1.09 bits per heavy atom. The van der Waals surface area contributed by atoms with Crippen LogP contribution in [-0.2, 0) is 4.74 Å². The van der Waals surface area contributed by atoms with Gasteiger partial charge in [-0.05, 0) is 44.7 Å². The highest BCUT2D eigenvalue weighted by atomic mass is 32.2. The quantitative estimate of drug-likeness (QED) is 0.417. The number of nitrogens with zero attached hydrogens (tertiary/aromatic N) is 7. The molecule has 6 rings (SSSR count). The number of anilines is 3. The van der Waals surface area contributed by atoms with E-state index in [9.17, 15) is 0 Å². The van der Waals surface area contributed by atoms with Crippen LogP contribution in [0, 0.1) is 0 Å². The first-order valence-corrected chi connectivity index (χ1v) is 12.6. The SMILES string of the molecule is CC(C)n1cc(N2CCOCC2)c2cnc(Nc3ccnc(-c4cnn(SC5CC5)c4)n3)cc21. The maximum atomic E-state index is 5.54. The Hall–Kier alpha value is -3.11. The first kappa shape index (κ1) is 21.4. The van der Waals surface area contributed by atoms with Gasteiger partial charge in [0.15, 0.2) is 5.82 Å². The summed E-state index contributed by atoms with van der Waals surface area (Å²) in [4.78, 5) is 16.3. The molecule has 0 bridgehead atoms. The van der Waals surface area contributed by atoms with Gasteiger partial charge >= 0.3 is 0 Å². The minimum absolute atomic E-state index is 0.336. The van der Waals surface area contributed by atoms with Crippen LogP contribution in [0.25, 0.3) is 22.3 Å². The van der Waals surface area contributed by atoms with Crippen LogP contribution < -0.4 is 10.2 Å². The molecule has 4 aromatic rings. The van der Waals surface area contributed by atoms with E-state index < -0.39 is 0 Å². The maximum Gasteiger partial charge on any atom is 0.164 e. The number of fused-ring (bicyclic) bond motifs is 1. The molecule has 0 spiro atoms. The van der Waals surface area contributed by atoms with E-state index in [0.29, 0.717) is 22.9 Å². The van der Waals surface area contributed by atoms with Gasteiger partial charge in [-0.1, -0.05) is 0 Å². The zero-order chi connectivity index (χ0) is 23.1. The lowest BCUT2D eigenvalue weighted by molar-refractivity contribution is 0.123. The Morgan fingerprint density at radius 2 is 1.94 bits per heavy atom. The average molecular weight is 477 g/mol. The van der Waals surface area contributed by atoms with Crippen molar-refractivity contribution >= 4 is 40.2 Å². The molecule has 5 heterocycles. The van der Waals surface area contributed by atoms with Gasteiger partial charge in [0.1, 0.15) is 11.6 Å². The Kier molecular flexibility index (Phi) is 5.62. The van der Waals surface area contributed by atoms with Gasteiger partial charge in [0, 0.05) is 60.6 Å². The van der Waals surface area contributed by atoms with Crippen LogP contribution in [0.1, 0.15) is 32.7 Å². The first-order chi connectivity index (χ1) is 16.6. The van der Waals surface area contributed by atoms with Crippen LogP contribution in [0.5, 0.6) is 0 Å². The predicted octanol–water partition coefficient (Wildman–Crippen LogP) is 4.51. The highest BCUT2D eigenvalue weighted by molar-refractivity contribution is 7.98. The van der Waals surface area contributed by atoms with Crippen molar-refractivity contribution in [3.63, 3.8) is 0 Å². The highest BCUT2D eigenvalue weighted by Crippen LogP contribution is 2.35. The zero-order valence-electron chi connectivity index (χ0n) is 19.4. The third-order valence-corrected chi connectivity index (χ3v) is 7.30. The van der Waals surface area contributed by atoms with Gasteiger partial charge in [-0.25, -0.2) is 19.0 Å².